The fraction of sp³-hybridized carbons (Fsp3) is 0.381. The smallest absolute Gasteiger partial charge is 0.239 e. The van der Waals surface area contributed by atoms with Crippen molar-refractivity contribution in [3.63, 3.8) is 0 Å². The second-order valence-electron chi connectivity index (χ2n) is 7.17. The molecule has 1 aliphatic rings. The van der Waals surface area contributed by atoms with E-state index in [1.54, 1.807) is 36.4 Å². The number of benzene rings is 2. The summed E-state index contributed by atoms with van der Waals surface area (Å²) in [5.74, 6) is -0.526. The number of sulfone groups is 1. The zero-order valence-electron chi connectivity index (χ0n) is 15.8. The highest BCUT2D eigenvalue weighted by atomic mass is 32.2. The summed E-state index contributed by atoms with van der Waals surface area (Å²) >= 11 is 0. The summed E-state index contributed by atoms with van der Waals surface area (Å²) in [6.45, 7) is 1.88. The number of carbonyl (C=O) groups is 1. The van der Waals surface area contributed by atoms with Gasteiger partial charge in [-0.25, -0.2) is 12.8 Å². The first-order valence-corrected chi connectivity index (χ1v) is 11.0. The molecular formula is C21H25FN2O3S. The molecule has 0 aliphatic heterocycles. The van der Waals surface area contributed by atoms with E-state index in [2.05, 4.69) is 10.6 Å². The zero-order chi connectivity index (χ0) is 20.1. The fourth-order valence-electron chi connectivity index (χ4n) is 3.46. The van der Waals surface area contributed by atoms with E-state index in [1.807, 2.05) is 6.92 Å². The van der Waals surface area contributed by atoms with Gasteiger partial charge in [-0.2, -0.15) is 0 Å². The van der Waals surface area contributed by atoms with Crippen LogP contribution in [0.4, 0.5) is 10.1 Å². The zero-order valence-corrected chi connectivity index (χ0v) is 16.6. The van der Waals surface area contributed by atoms with Gasteiger partial charge in [-0.15, -0.1) is 0 Å². The number of amides is 1. The third-order valence-corrected chi connectivity index (χ3v) is 7.40. The molecule has 3 rings (SSSR count). The first-order chi connectivity index (χ1) is 13.4. The fourth-order valence-corrected chi connectivity index (χ4v) is 5.32. The Balaban J connectivity index is 1.53. The van der Waals surface area contributed by atoms with Crippen molar-refractivity contribution in [2.45, 2.75) is 48.8 Å². The van der Waals surface area contributed by atoms with Crippen LogP contribution in [0.2, 0.25) is 0 Å². The number of halogens is 1. The van der Waals surface area contributed by atoms with E-state index in [0.717, 1.165) is 31.2 Å². The molecule has 1 saturated carbocycles. The minimum atomic E-state index is -3.27. The highest BCUT2D eigenvalue weighted by Crippen LogP contribution is 2.30. The van der Waals surface area contributed by atoms with Crippen LogP contribution in [-0.4, -0.2) is 26.1 Å². The average Bonchev–Trinajstić information content (AvgIpc) is 3.23. The van der Waals surface area contributed by atoms with Crippen molar-refractivity contribution in [2.75, 3.05) is 11.9 Å². The van der Waals surface area contributed by atoms with Gasteiger partial charge in [0, 0.05) is 5.69 Å². The Morgan fingerprint density at radius 1 is 1.07 bits per heavy atom. The van der Waals surface area contributed by atoms with E-state index in [1.165, 1.54) is 12.1 Å². The number of rotatable bonds is 7. The molecular weight excluding hydrogens is 379 g/mol. The van der Waals surface area contributed by atoms with Gasteiger partial charge in [0.15, 0.2) is 9.84 Å². The molecule has 2 aromatic rings. The molecule has 1 aliphatic carbocycles. The van der Waals surface area contributed by atoms with Crippen LogP contribution >= 0.6 is 0 Å². The lowest BCUT2D eigenvalue weighted by atomic mass is 10.1. The van der Waals surface area contributed by atoms with Crippen LogP contribution in [0.5, 0.6) is 0 Å². The lowest BCUT2D eigenvalue weighted by molar-refractivity contribution is -0.120. The minimum Gasteiger partial charge on any atom is -0.376 e. The Bertz CT molecular complexity index is 906. The molecule has 0 radical (unpaired) electrons. The molecule has 1 amide bonds. The standard InChI is InChI=1S/C21H25FN2O3S/c1-15(16-6-8-17(22)9-7-16)24-21(25)14-23-18-10-12-20(13-11-18)28(26,27)19-4-2-3-5-19/h6-13,15,19,23H,2-5,14H2,1H3,(H,24,25). The van der Waals surface area contributed by atoms with Gasteiger partial charge in [0.05, 0.1) is 22.7 Å². The molecule has 0 saturated heterocycles. The van der Waals surface area contributed by atoms with Gasteiger partial charge < -0.3 is 10.6 Å². The number of nitrogens with one attached hydrogen (secondary N) is 2. The van der Waals surface area contributed by atoms with Gasteiger partial charge in [-0.05, 0) is 61.7 Å². The van der Waals surface area contributed by atoms with Crippen molar-refractivity contribution in [3.05, 3.63) is 59.9 Å². The van der Waals surface area contributed by atoms with Crippen LogP contribution < -0.4 is 10.6 Å². The van der Waals surface area contributed by atoms with Crippen molar-refractivity contribution in [1.29, 1.82) is 0 Å². The van der Waals surface area contributed by atoms with E-state index in [9.17, 15) is 17.6 Å². The molecule has 0 bridgehead atoms. The number of carbonyl (C=O) groups excluding carboxylic acids is 1. The molecule has 28 heavy (non-hydrogen) atoms. The molecule has 1 atom stereocenters. The monoisotopic (exact) mass is 404 g/mol. The molecule has 2 N–H and O–H groups in total. The first kappa shape index (κ1) is 20.3. The number of hydrogen-bond acceptors (Lipinski definition) is 4. The molecule has 0 spiro atoms. The third-order valence-electron chi connectivity index (χ3n) is 5.12. The summed E-state index contributed by atoms with van der Waals surface area (Å²) in [5.41, 5.74) is 1.49. The van der Waals surface area contributed by atoms with Crippen molar-refractivity contribution < 1.29 is 17.6 Å². The van der Waals surface area contributed by atoms with Gasteiger partial charge in [0.25, 0.3) is 0 Å². The van der Waals surface area contributed by atoms with Crippen molar-refractivity contribution in [3.8, 4) is 0 Å². The molecule has 150 valence electrons. The summed E-state index contributed by atoms with van der Waals surface area (Å²) in [4.78, 5) is 12.5. The van der Waals surface area contributed by atoms with Gasteiger partial charge in [-0.3, -0.25) is 4.79 Å². The van der Waals surface area contributed by atoms with E-state index in [0.29, 0.717) is 10.6 Å². The Morgan fingerprint density at radius 3 is 2.29 bits per heavy atom. The highest BCUT2D eigenvalue weighted by molar-refractivity contribution is 7.92. The molecule has 1 unspecified atom stereocenters. The lowest BCUT2D eigenvalue weighted by Crippen LogP contribution is -2.32. The average molecular weight is 405 g/mol. The predicted molar refractivity (Wildman–Crippen MR) is 107 cm³/mol. The maximum atomic E-state index is 13.0. The molecule has 2 aromatic carbocycles. The number of anilines is 1. The Kier molecular flexibility index (Phi) is 6.34. The SMILES string of the molecule is CC(NC(=O)CNc1ccc(S(=O)(=O)C2CCCC2)cc1)c1ccc(F)cc1. The van der Waals surface area contributed by atoms with E-state index < -0.39 is 9.84 Å². The summed E-state index contributed by atoms with van der Waals surface area (Å²) in [5, 5.41) is 5.56. The van der Waals surface area contributed by atoms with Crippen LogP contribution in [0, 0.1) is 5.82 Å². The van der Waals surface area contributed by atoms with Gasteiger partial charge in [0.1, 0.15) is 5.82 Å². The summed E-state index contributed by atoms with van der Waals surface area (Å²) < 4.78 is 38.1. The normalized spacial score (nSPS) is 15.9. The quantitative estimate of drug-likeness (QED) is 0.735. The molecule has 0 aromatic heterocycles. The third kappa shape index (κ3) is 4.90. The maximum Gasteiger partial charge on any atom is 0.239 e. The largest absolute Gasteiger partial charge is 0.376 e. The van der Waals surface area contributed by atoms with Crippen molar-refractivity contribution >= 4 is 21.4 Å². The van der Waals surface area contributed by atoms with Crippen LogP contribution in [-0.2, 0) is 14.6 Å². The summed E-state index contributed by atoms with van der Waals surface area (Å²) in [7, 11) is -3.27. The van der Waals surface area contributed by atoms with Crippen LogP contribution in [0.1, 0.15) is 44.2 Å². The van der Waals surface area contributed by atoms with E-state index in [4.69, 9.17) is 0 Å². The second-order valence-corrected chi connectivity index (χ2v) is 9.40. The second kappa shape index (κ2) is 8.73. The van der Waals surface area contributed by atoms with E-state index >= 15 is 0 Å². The molecule has 1 fully saturated rings. The minimum absolute atomic E-state index is 0.0558. The topological polar surface area (TPSA) is 75.3 Å². The van der Waals surface area contributed by atoms with Gasteiger partial charge in [-0.1, -0.05) is 25.0 Å². The van der Waals surface area contributed by atoms with Crippen LogP contribution in [0.15, 0.2) is 53.4 Å². The Hall–Kier alpha value is -2.41. The summed E-state index contributed by atoms with van der Waals surface area (Å²) in [6, 6.07) is 12.3. The lowest BCUT2D eigenvalue weighted by Gasteiger charge is -2.15. The van der Waals surface area contributed by atoms with Crippen molar-refractivity contribution in [2.24, 2.45) is 0 Å². The maximum absolute atomic E-state index is 13.0. The van der Waals surface area contributed by atoms with Crippen molar-refractivity contribution in [1.82, 2.24) is 5.32 Å². The molecule has 0 heterocycles. The summed E-state index contributed by atoms with van der Waals surface area (Å²) in [6.07, 6.45) is 3.40. The van der Waals surface area contributed by atoms with E-state index in [-0.39, 0.29) is 29.6 Å². The van der Waals surface area contributed by atoms with Gasteiger partial charge >= 0.3 is 0 Å². The number of hydrogen-bond donors (Lipinski definition) is 2. The molecule has 7 heteroatoms. The first-order valence-electron chi connectivity index (χ1n) is 9.49. The Labute approximate surface area is 165 Å². The van der Waals surface area contributed by atoms with Crippen LogP contribution in [0.25, 0.3) is 0 Å². The highest BCUT2D eigenvalue weighted by Gasteiger charge is 2.30. The Morgan fingerprint density at radius 2 is 1.68 bits per heavy atom. The van der Waals surface area contributed by atoms with Gasteiger partial charge in [0.2, 0.25) is 5.91 Å². The van der Waals surface area contributed by atoms with Crippen LogP contribution in [0.3, 0.4) is 0 Å². The predicted octanol–water partition coefficient (Wildman–Crippen LogP) is 3.83. The molecule has 5 nitrogen and oxygen atoms in total.